The molecule has 2 aromatic rings. The Morgan fingerprint density at radius 1 is 1.20 bits per heavy atom. The summed E-state index contributed by atoms with van der Waals surface area (Å²) in [5.74, 6) is -3.37. The molecule has 0 spiro atoms. The van der Waals surface area contributed by atoms with E-state index in [0.29, 0.717) is 30.6 Å². The van der Waals surface area contributed by atoms with Crippen molar-refractivity contribution in [1.82, 2.24) is 20.4 Å². The van der Waals surface area contributed by atoms with Crippen LogP contribution in [0.4, 0.5) is 8.78 Å². The Kier molecular flexibility index (Phi) is 12.2. The minimum Gasteiger partial charge on any atom is -0.467 e. The maximum atomic E-state index is 14.9. The van der Waals surface area contributed by atoms with Gasteiger partial charge in [0, 0.05) is 29.4 Å². The van der Waals surface area contributed by atoms with Crippen LogP contribution in [0.3, 0.4) is 0 Å². The van der Waals surface area contributed by atoms with Crippen molar-refractivity contribution in [2.24, 2.45) is 5.14 Å². The number of ether oxygens (including phenoxy) is 1. The Balaban J connectivity index is 1.56. The van der Waals surface area contributed by atoms with Crippen LogP contribution in [-0.4, -0.2) is 110 Å². The molecule has 3 heterocycles. The standard InChI is InChI=1S/C29H40F2N5O10PS2/c1-4-35-12-10-19-7-8-22(25(37)33-20(28(40)45-3)11-13-49(32,43)44)36(19)27(39)21(16-35)34-26(38)24-15-17-14-18(6-9-23(17)48-24)29(30,31)47(41,42)46-5-2/h6,9,14-15,19-22H,4-5,7-8,10-13,16H2,1-3H3,(H,33,37)(H,34,38)(H,41,42)(H2,32,43,44)/t19-,20+,21+,22+/m1/s1. The van der Waals surface area contributed by atoms with Crippen LogP contribution in [0.15, 0.2) is 24.3 Å². The third-order valence-electron chi connectivity index (χ3n) is 8.57. The lowest BCUT2D eigenvalue weighted by atomic mass is 10.1. The number of esters is 1. The van der Waals surface area contributed by atoms with Gasteiger partial charge >= 0.3 is 19.2 Å². The first-order chi connectivity index (χ1) is 22.9. The molecule has 1 aromatic heterocycles. The Hall–Kier alpha value is -3.06. The van der Waals surface area contributed by atoms with Gasteiger partial charge in [-0.1, -0.05) is 13.0 Å². The van der Waals surface area contributed by atoms with E-state index in [4.69, 9.17) is 9.88 Å². The second kappa shape index (κ2) is 15.4. The molecule has 0 radical (unpaired) electrons. The molecule has 2 aliphatic heterocycles. The maximum Gasteiger partial charge on any atom is 0.401 e. The number of rotatable bonds is 13. The minimum absolute atomic E-state index is 0.0911. The summed E-state index contributed by atoms with van der Waals surface area (Å²) in [7, 11) is -8.21. The van der Waals surface area contributed by atoms with E-state index in [1.54, 1.807) is 0 Å². The highest BCUT2D eigenvalue weighted by molar-refractivity contribution is 7.89. The van der Waals surface area contributed by atoms with Gasteiger partial charge in [0.2, 0.25) is 21.8 Å². The molecule has 0 bridgehead atoms. The Morgan fingerprint density at radius 2 is 1.92 bits per heavy atom. The molecule has 272 valence electrons. The van der Waals surface area contributed by atoms with Crippen LogP contribution in [0.5, 0.6) is 0 Å². The van der Waals surface area contributed by atoms with Crippen LogP contribution < -0.4 is 15.8 Å². The van der Waals surface area contributed by atoms with Crippen molar-refractivity contribution in [3.8, 4) is 0 Å². The van der Waals surface area contributed by atoms with E-state index in [9.17, 15) is 45.8 Å². The first-order valence-electron chi connectivity index (χ1n) is 15.6. The van der Waals surface area contributed by atoms with Gasteiger partial charge in [0.25, 0.3) is 5.91 Å². The molecule has 1 aromatic carbocycles. The molecule has 2 fully saturated rings. The van der Waals surface area contributed by atoms with Crippen LogP contribution in [0, 0.1) is 0 Å². The van der Waals surface area contributed by atoms with Gasteiger partial charge in [-0.3, -0.25) is 18.9 Å². The van der Waals surface area contributed by atoms with E-state index in [1.165, 1.54) is 24.0 Å². The minimum atomic E-state index is -5.34. The number of alkyl halides is 2. The molecule has 0 saturated carbocycles. The number of hydrogen-bond donors (Lipinski definition) is 4. The smallest absolute Gasteiger partial charge is 0.401 e. The van der Waals surface area contributed by atoms with Crippen LogP contribution in [0.2, 0.25) is 0 Å². The van der Waals surface area contributed by atoms with Crippen molar-refractivity contribution in [2.75, 3.05) is 39.1 Å². The summed E-state index contributed by atoms with van der Waals surface area (Å²) in [4.78, 5) is 66.7. The normalized spacial score (nSPS) is 22.5. The molecule has 5 atom stereocenters. The summed E-state index contributed by atoms with van der Waals surface area (Å²) >= 11 is 0.973. The van der Waals surface area contributed by atoms with Crippen LogP contribution in [0.25, 0.3) is 10.1 Å². The number of fused-ring (bicyclic) bond motifs is 2. The highest BCUT2D eigenvalue weighted by Gasteiger charge is 2.52. The number of amides is 3. The highest BCUT2D eigenvalue weighted by Crippen LogP contribution is 2.63. The number of halogens is 2. The number of nitrogens with one attached hydrogen (secondary N) is 2. The molecule has 5 N–H and O–H groups in total. The number of sulfonamides is 1. The van der Waals surface area contributed by atoms with Gasteiger partial charge < -0.3 is 34.6 Å². The fraction of sp³-hybridized carbons (Fsp3) is 0.586. The fourth-order valence-electron chi connectivity index (χ4n) is 6.02. The molecular formula is C29H40F2N5O10PS2. The van der Waals surface area contributed by atoms with E-state index < -0.39 is 83.0 Å². The van der Waals surface area contributed by atoms with Crippen molar-refractivity contribution in [3.63, 3.8) is 0 Å². The second-order valence-electron chi connectivity index (χ2n) is 11.8. The predicted octanol–water partition coefficient (Wildman–Crippen LogP) is 1.69. The molecular weight excluding hydrogens is 711 g/mol. The molecule has 2 aliphatic rings. The Morgan fingerprint density at radius 3 is 2.55 bits per heavy atom. The van der Waals surface area contributed by atoms with Gasteiger partial charge in [-0.25, -0.2) is 18.4 Å². The lowest BCUT2D eigenvalue weighted by molar-refractivity contribution is -0.147. The third-order valence-corrected chi connectivity index (χ3v) is 12.1. The number of nitrogens with zero attached hydrogens (tertiary/aromatic N) is 2. The maximum absolute atomic E-state index is 14.9. The molecule has 49 heavy (non-hydrogen) atoms. The highest BCUT2D eigenvalue weighted by atomic mass is 32.2. The third kappa shape index (κ3) is 8.82. The van der Waals surface area contributed by atoms with E-state index in [0.717, 1.165) is 30.6 Å². The van der Waals surface area contributed by atoms with E-state index >= 15 is 0 Å². The molecule has 20 heteroatoms. The van der Waals surface area contributed by atoms with Crippen molar-refractivity contribution in [3.05, 3.63) is 34.7 Å². The van der Waals surface area contributed by atoms with Gasteiger partial charge in [-0.05, 0) is 62.7 Å². The summed E-state index contributed by atoms with van der Waals surface area (Å²) in [6, 6.07) is 0.810. The van der Waals surface area contributed by atoms with E-state index in [1.807, 2.05) is 11.8 Å². The lowest BCUT2D eigenvalue weighted by Crippen LogP contribution is -2.61. The largest absolute Gasteiger partial charge is 0.467 e. The first-order valence-corrected chi connectivity index (χ1v) is 19.7. The van der Waals surface area contributed by atoms with Crippen molar-refractivity contribution in [2.45, 2.75) is 69.4 Å². The van der Waals surface area contributed by atoms with Gasteiger partial charge in [-0.2, -0.15) is 8.78 Å². The van der Waals surface area contributed by atoms with Gasteiger partial charge in [0.1, 0.15) is 18.1 Å². The number of benzene rings is 1. The summed E-state index contributed by atoms with van der Waals surface area (Å²) in [6.07, 6.45) is 0.926. The number of carbonyl (C=O) groups is 4. The topological polar surface area (TPSA) is 215 Å². The lowest BCUT2D eigenvalue weighted by Gasteiger charge is -2.38. The number of likely N-dealkylation sites (N-methyl/N-ethyl adjacent to an activating group) is 1. The molecule has 3 amide bonds. The number of primary sulfonamides is 1. The quantitative estimate of drug-likeness (QED) is 0.171. The average Bonchev–Trinajstić information content (AvgIpc) is 3.66. The molecule has 15 nitrogen and oxygen atoms in total. The molecule has 1 unspecified atom stereocenters. The fourth-order valence-corrected chi connectivity index (χ4v) is 8.51. The number of hydrogen-bond acceptors (Lipinski definition) is 11. The van der Waals surface area contributed by atoms with Gasteiger partial charge in [-0.15, -0.1) is 11.3 Å². The average molecular weight is 752 g/mol. The van der Waals surface area contributed by atoms with E-state index in [2.05, 4.69) is 15.2 Å². The molecule has 2 saturated heterocycles. The second-order valence-corrected chi connectivity index (χ2v) is 16.5. The van der Waals surface area contributed by atoms with Crippen molar-refractivity contribution >= 4 is 62.7 Å². The predicted molar refractivity (Wildman–Crippen MR) is 175 cm³/mol. The number of methoxy groups -OCH3 is 1. The van der Waals surface area contributed by atoms with Crippen LogP contribution >= 0.6 is 18.9 Å². The zero-order chi connectivity index (χ0) is 36.3. The number of thiophene rings is 1. The molecule has 4 rings (SSSR count). The summed E-state index contributed by atoms with van der Waals surface area (Å²) in [6.45, 7) is 4.05. The summed E-state index contributed by atoms with van der Waals surface area (Å²) in [5.41, 5.74) is -4.97. The Labute approximate surface area is 286 Å². The number of carbonyl (C=O) groups excluding carboxylic acids is 4. The monoisotopic (exact) mass is 751 g/mol. The summed E-state index contributed by atoms with van der Waals surface area (Å²) < 4.78 is 74.5. The zero-order valence-corrected chi connectivity index (χ0v) is 29.6. The van der Waals surface area contributed by atoms with Crippen molar-refractivity contribution < 1.29 is 55.1 Å². The SMILES string of the molecule is CCOP(=O)(O)C(F)(F)c1ccc2sc(C(=O)N[C@H]3CN(CC)CC[C@H]4CC[C@@H](C(=O)N[C@@H](CCS(N)(=O)=O)C(=O)OC)N4C3=O)cc2c1. The first kappa shape index (κ1) is 38.7. The number of nitrogens with two attached hydrogens (primary N) is 1. The van der Waals surface area contributed by atoms with Crippen LogP contribution in [0.1, 0.15) is 54.8 Å². The van der Waals surface area contributed by atoms with E-state index in [-0.39, 0.29) is 35.7 Å². The van der Waals surface area contributed by atoms with Gasteiger partial charge in [0.05, 0.1) is 24.3 Å². The Bertz CT molecular complexity index is 1740. The van der Waals surface area contributed by atoms with Crippen molar-refractivity contribution in [1.29, 1.82) is 0 Å². The zero-order valence-electron chi connectivity index (χ0n) is 27.1. The summed E-state index contributed by atoms with van der Waals surface area (Å²) in [5, 5.41) is 10.5. The van der Waals surface area contributed by atoms with Crippen LogP contribution in [-0.2, 0) is 43.9 Å². The van der Waals surface area contributed by atoms with Gasteiger partial charge in [0.15, 0.2) is 0 Å². The molecule has 0 aliphatic carbocycles.